The second kappa shape index (κ2) is 10.2. The van der Waals surface area contributed by atoms with Crippen molar-refractivity contribution in [1.82, 2.24) is 5.32 Å². The summed E-state index contributed by atoms with van der Waals surface area (Å²) in [5.74, 6) is -0.887. The smallest absolute Gasteiger partial charge is 0.306 e. The maximum atomic E-state index is 9.93. The largest absolute Gasteiger partial charge is 0.481 e. The first-order valence-electron chi connectivity index (χ1n) is 8.62. The Kier molecular flexibility index (Phi) is 8.92. The van der Waals surface area contributed by atoms with E-state index in [1.165, 1.54) is 64.2 Å². The van der Waals surface area contributed by atoms with E-state index in [0.29, 0.717) is 0 Å². The Balaban J connectivity index is 0.000000246. The molecule has 0 bridgehead atoms. The molecule has 0 amide bonds. The molecule has 3 nitrogen and oxygen atoms in total. The molecule has 2 aliphatic rings. The molecule has 20 heavy (non-hydrogen) atoms. The van der Waals surface area contributed by atoms with Gasteiger partial charge >= 0.3 is 5.97 Å². The molecular formula is C17H33NO2. The van der Waals surface area contributed by atoms with Crippen LogP contribution < -0.4 is 5.32 Å². The predicted molar refractivity (Wildman–Crippen MR) is 84.0 cm³/mol. The van der Waals surface area contributed by atoms with Crippen LogP contribution >= 0.6 is 0 Å². The van der Waals surface area contributed by atoms with Gasteiger partial charge in [-0.05, 0) is 32.1 Å². The van der Waals surface area contributed by atoms with Crippen LogP contribution in [0.3, 0.4) is 0 Å². The Morgan fingerprint density at radius 2 is 1.40 bits per heavy atom. The first-order valence-corrected chi connectivity index (χ1v) is 8.62. The Morgan fingerprint density at radius 1 is 1.00 bits per heavy atom. The Morgan fingerprint density at radius 3 is 1.65 bits per heavy atom. The molecule has 0 aromatic rings. The molecular weight excluding hydrogens is 250 g/mol. The van der Waals surface area contributed by atoms with E-state index in [1.807, 2.05) is 6.92 Å². The molecule has 1 atom stereocenters. The van der Waals surface area contributed by atoms with Crippen LogP contribution in [-0.4, -0.2) is 23.2 Å². The topological polar surface area (TPSA) is 49.3 Å². The first-order chi connectivity index (χ1) is 9.63. The number of carboxylic acids is 1. The van der Waals surface area contributed by atoms with Gasteiger partial charge in [0.05, 0.1) is 5.92 Å². The monoisotopic (exact) mass is 283 g/mol. The highest BCUT2D eigenvalue weighted by atomic mass is 16.4. The summed E-state index contributed by atoms with van der Waals surface area (Å²) in [6.45, 7) is 3.56. The number of carbonyl (C=O) groups is 1. The lowest BCUT2D eigenvalue weighted by Crippen LogP contribution is -2.40. The van der Waals surface area contributed by atoms with Crippen molar-refractivity contribution in [2.45, 2.75) is 96.6 Å². The molecule has 0 aromatic heterocycles. The Hall–Kier alpha value is -0.570. The van der Waals surface area contributed by atoms with Crippen LogP contribution in [0.1, 0.15) is 84.5 Å². The highest BCUT2D eigenvalue weighted by molar-refractivity contribution is 5.69. The summed E-state index contributed by atoms with van der Waals surface area (Å²) in [5, 5.41) is 12.0. The van der Waals surface area contributed by atoms with Gasteiger partial charge in [-0.1, -0.05) is 52.4 Å². The third-order valence-electron chi connectivity index (χ3n) is 4.72. The van der Waals surface area contributed by atoms with E-state index in [0.717, 1.165) is 18.5 Å². The average molecular weight is 283 g/mol. The normalized spacial score (nSPS) is 22.7. The van der Waals surface area contributed by atoms with E-state index in [1.54, 1.807) is 6.92 Å². The van der Waals surface area contributed by atoms with Crippen molar-refractivity contribution in [2.75, 3.05) is 0 Å². The quantitative estimate of drug-likeness (QED) is 0.806. The molecule has 0 saturated heterocycles. The van der Waals surface area contributed by atoms with Crippen LogP contribution in [0.25, 0.3) is 0 Å². The molecule has 2 fully saturated rings. The fourth-order valence-corrected chi connectivity index (χ4v) is 3.05. The minimum absolute atomic E-state index is 0.181. The summed E-state index contributed by atoms with van der Waals surface area (Å²) in [4.78, 5) is 9.93. The standard InChI is InChI=1S/C12H23N.C5H10O2/c1-3-7-11(8-4-1)13-12-9-5-2-6-10-12;1-3-4(2)5(6)7/h11-13H,1-10H2;4H,3H2,1-2H3,(H,6,7). The van der Waals surface area contributed by atoms with E-state index in [9.17, 15) is 4.79 Å². The number of nitrogens with one attached hydrogen (secondary N) is 1. The zero-order chi connectivity index (χ0) is 14.8. The van der Waals surface area contributed by atoms with Crippen LogP contribution in [0.4, 0.5) is 0 Å². The van der Waals surface area contributed by atoms with Gasteiger partial charge in [-0.2, -0.15) is 0 Å². The lowest BCUT2D eigenvalue weighted by molar-refractivity contribution is -0.141. The van der Waals surface area contributed by atoms with Gasteiger partial charge in [0, 0.05) is 12.1 Å². The van der Waals surface area contributed by atoms with E-state index < -0.39 is 5.97 Å². The molecule has 2 N–H and O–H groups in total. The third kappa shape index (κ3) is 7.28. The summed E-state index contributed by atoms with van der Waals surface area (Å²) < 4.78 is 0. The first kappa shape index (κ1) is 17.5. The maximum Gasteiger partial charge on any atom is 0.306 e. The van der Waals surface area contributed by atoms with Crippen molar-refractivity contribution in [3.8, 4) is 0 Å². The molecule has 118 valence electrons. The summed E-state index contributed by atoms with van der Waals surface area (Å²) in [7, 11) is 0. The van der Waals surface area contributed by atoms with Gasteiger partial charge in [-0.3, -0.25) is 4.79 Å². The average Bonchev–Trinajstić information content (AvgIpc) is 2.49. The Labute approximate surface area is 124 Å². The van der Waals surface area contributed by atoms with Gasteiger partial charge in [0.1, 0.15) is 0 Å². The Bertz CT molecular complexity index is 240. The lowest BCUT2D eigenvalue weighted by Gasteiger charge is -2.30. The van der Waals surface area contributed by atoms with Crippen molar-refractivity contribution in [3.05, 3.63) is 0 Å². The van der Waals surface area contributed by atoms with Gasteiger partial charge in [-0.15, -0.1) is 0 Å². The SMILES string of the molecule is C1CCC(NC2CCCCC2)CC1.CCC(C)C(=O)O. The summed E-state index contributed by atoms with van der Waals surface area (Å²) in [5.41, 5.74) is 0. The fourth-order valence-electron chi connectivity index (χ4n) is 3.05. The number of hydrogen-bond donors (Lipinski definition) is 2. The van der Waals surface area contributed by atoms with Gasteiger partial charge in [0.2, 0.25) is 0 Å². The van der Waals surface area contributed by atoms with Crippen molar-refractivity contribution < 1.29 is 9.90 Å². The summed E-state index contributed by atoms with van der Waals surface area (Å²) >= 11 is 0. The van der Waals surface area contributed by atoms with Crippen molar-refractivity contribution >= 4 is 5.97 Å². The molecule has 0 radical (unpaired) electrons. The molecule has 2 saturated carbocycles. The van der Waals surface area contributed by atoms with Crippen molar-refractivity contribution in [1.29, 1.82) is 0 Å². The number of rotatable bonds is 4. The molecule has 0 aliphatic heterocycles. The third-order valence-corrected chi connectivity index (χ3v) is 4.72. The van der Waals surface area contributed by atoms with Gasteiger partial charge in [-0.25, -0.2) is 0 Å². The van der Waals surface area contributed by atoms with Crippen LogP contribution in [0, 0.1) is 5.92 Å². The van der Waals surface area contributed by atoms with Crippen LogP contribution in [0.5, 0.6) is 0 Å². The lowest BCUT2D eigenvalue weighted by atomic mass is 9.91. The van der Waals surface area contributed by atoms with E-state index in [2.05, 4.69) is 5.32 Å². The molecule has 0 spiro atoms. The van der Waals surface area contributed by atoms with E-state index in [4.69, 9.17) is 5.11 Å². The van der Waals surface area contributed by atoms with Crippen LogP contribution in [0.2, 0.25) is 0 Å². The van der Waals surface area contributed by atoms with Crippen LogP contribution in [0.15, 0.2) is 0 Å². The molecule has 0 heterocycles. The number of carboxylic acid groups (broad SMARTS) is 1. The second-order valence-corrected chi connectivity index (χ2v) is 6.48. The van der Waals surface area contributed by atoms with Crippen molar-refractivity contribution in [3.63, 3.8) is 0 Å². The number of aliphatic carboxylic acids is 1. The highest BCUT2D eigenvalue weighted by Gasteiger charge is 2.19. The van der Waals surface area contributed by atoms with Crippen molar-refractivity contribution in [2.24, 2.45) is 5.92 Å². The maximum absolute atomic E-state index is 9.93. The molecule has 2 aliphatic carbocycles. The van der Waals surface area contributed by atoms with Gasteiger partial charge in [0.15, 0.2) is 0 Å². The summed E-state index contributed by atoms with van der Waals surface area (Å²) in [6, 6.07) is 1.74. The zero-order valence-electron chi connectivity index (χ0n) is 13.4. The minimum Gasteiger partial charge on any atom is -0.481 e. The number of hydrogen-bond acceptors (Lipinski definition) is 2. The second-order valence-electron chi connectivity index (χ2n) is 6.48. The molecule has 0 aromatic carbocycles. The van der Waals surface area contributed by atoms with Crippen LogP contribution in [-0.2, 0) is 4.79 Å². The van der Waals surface area contributed by atoms with E-state index >= 15 is 0 Å². The van der Waals surface area contributed by atoms with Gasteiger partial charge < -0.3 is 10.4 Å². The highest BCUT2D eigenvalue weighted by Crippen LogP contribution is 2.22. The zero-order valence-corrected chi connectivity index (χ0v) is 13.4. The van der Waals surface area contributed by atoms with Gasteiger partial charge in [0.25, 0.3) is 0 Å². The summed E-state index contributed by atoms with van der Waals surface area (Å²) in [6.07, 6.45) is 15.3. The molecule has 3 heteroatoms. The van der Waals surface area contributed by atoms with E-state index in [-0.39, 0.29) is 5.92 Å². The molecule has 2 rings (SSSR count). The predicted octanol–water partition coefficient (Wildman–Crippen LogP) is 4.36. The fraction of sp³-hybridized carbons (Fsp3) is 0.941. The minimum atomic E-state index is -0.706. The molecule has 1 unspecified atom stereocenters.